The lowest BCUT2D eigenvalue weighted by Gasteiger charge is -2.10. The number of aromatic nitrogens is 4. The van der Waals surface area contributed by atoms with Gasteiger partial charge in [-0.1, -0.05) is 6.07 Å². The number of carbonyl (C=O) groups excluding carboxylic acids is 1. The third-order valence-corrected chi connectivity index (χ3v) is 4.71. The van der Waals surface area contributed by atoms with Gasteiger partial charge in [0.15, 0.2) is 5.69 Å². The molecule has 1 amide bonds. The van der Waals surface area contributed by atoms with Crippen molar-refractivity contribution in [3.05, 3.63) is 77.0 Å². The van der Waals surface area contributed by atoms with E-state index in [0.717, 1.165) is 29.3 Å². The van der Waals surface area contributed by atoms with Gasteiger partial charge in [0.1, 0.15) is 5.82 Å². The van der Waals surface area contributed by atoms with Crippen LogP contribution in [0.15, 0.2) is 48.5 Å². The minimum absolute atomic E-state index is 0.0756. The Bertz CT molecular complexity index is 1300. The van der Waals surface area contributed by atoms with Crippen molar-refractivity contribution in [3.8, 4) is 11.3 Å². The van der Waals surface area contributed by atoms with E-state index in [1.165, 1.54) is 12.1 Å². The van der Waals surface area contributed by atoms with Crippen LogP contribution in [0.3, 0.4) is 0 Å². The third-order valence-electron chi connectivity index (χ3n) is 4.71. The largest absolute Gasteiger partial charge is 0.433 e. The Labute approximate surface area is 173 Å². The number of aryl methyl sites for hydroxylation is 2. The van der Waals surface area contributed by atoms with Gasteiger partial charge in [0.25, 0.3) is 11.7 Å². The number of rotatable bonds is 3. The molecule has 10 heteroatoms. The quantitative estimate of drug-likeness (QED) is 0.474. The molecule has 6 nitrogen and oxygen atoms in total. The van der Waals surface area contributed by atoms with E-state index in [9.17, 15) is 22.4 Å². The molecule has 158 valence electrons. The summed E-state index contributed by atoms with van der Waals surface area (Å²) in [5, 5.41) is 6.29. The van der Waals surface area contributed by atoms with Crippen LogP contribution >= 0.6 is 0 Å². The van der Waals surface area contributed by atoms with E-state index < -0.39 is 35.2 Å². The number of fused-ring (bicyclic) bond motifs is 1. The van der Waals surface area contributed by atoms with Crippen molar-refractivity contribution >= 4 is 17.4 Å². The second-order valence-electron chi connectivity index (χ2n) is 6.93. The smallest absolute Gasteiger partial charge is 0.319 e. The summed E-state index contributed by atoms with van der Waals surface area (Å²) in [6.07, 6.45) is -4.79. The molecule has 2 aromatic carbocycles. The molecule has 0 aliphatic heterocycles. The standard InChI is InChI=1S/C21H15F4N5O/c1-11-3-8-15(9-12(11)2)26-19(31)18-28-20-27-16(13-4-6-14(22)7-5-13)10-17(21(23,24)25)30(20)29-18/h3-10H,1-2H3,(H,26,31). The molecule has 0 spiro atoms. The number of hydrogen-bond donors (Lipinski definition) is 1. The van der Waals surface area contributed by atoms with E-state index >= 15 is 0 Å². The highest BCUT2D eigenvalue weighted by molar-refractivity contribution is 6.01. The van der Waals surface area contributed by atoms with E-state index in [4.69, 9.17) is 0 Å². The summed E-state index contributed by atoms with van der Waals surface area (Å²) in [6.45, 7) is 3.78. The molecule has 2 heterocycles. The summed E-state index contributed by atoms with van der Waals surface area (Å²) in [5.74, 6) is -2.18. The van der Waals surface area contributed by atoms with Gasteiger partial charge in [-0.25, -0.2) is 9.37 Å². The van der Waals surface area contributed by atoms with Crippen LogP contribution in [0.25, 0.3) is 17.0 Å². The van der Waals surface area contributed by atoms with Crippen LogP contribution in [-0.4, -0.2) is 25.5 Å². The van der Waals surface area contributed by atoms with Gasteiger partial charge in [-0.2, -0.15) is 22.7 Å². The molecule has 0 aliphatic carbocycles. The molecular formula is C21H15F4N5O. The van der Waals surface area contributed by atoms with Gasteiger partial charge in [-0.3, -0.25) is 4.79 Å². The van der Waals surface area contributed by atoms with Crippen LogP contribution in [0.2, 0.25) is 0 Å². The maximum atomic E-state index is 13.6. The predicted octanol–water partition coefficient (Wildman–Crippen LogP) is 4.82. The lowest BCUT2D eigenvalue weighted by molar-refractivity contribution is -0.142. The Hall–Kier alpha value is -3.82. The van der Waals surface area contributed by atoms with E-state index in [-0.39, 0.29) is 11.3 Å². The summed E-state index contributed by atoms with van der Waals surface area (Å²) in [5.41, 5.74) is 1.45. The lowest BCUT2D eigenvalue weighted by atomic mass is 10.1. The first-order valence-corrected chi connectivity index (χ1v) is 9.11. The van der Waals surface area contributed by atoms with Gasteiger partial charge < -0.3 is 5.32 Å². The highest BCUT2D eigenvalue weighted by atomic mass is 19.4. The van der Waals surface area contributed by atoms with Gasteiger partial charge in [-0.05, 0) is 67.4 Å². The van der Waals surface area contributed by atoms with E-state index in [1.54, 1.807) is 18.2 Å². The summed E-state index contributed by atoms with van der Waals surface area (Å²) in [7, 11) is 0. The Balaban J connectivity index is 1.77. The number of anilines is 1. The second kappa shape index (κ2) is 7.46. The Morgan fingerprint density at radius 3 is 2.32 bits per heavy atom. The maximum absolute atomic E-state index is 13.6. The van der Waals surface area contributed by atoms with Crippen LogP contribution < -0.4 is 5.32 Å². The minimum atomic E-state index is -4.79. The molecule has 4 aromatic rings. The Morgan fingerprint density at radius 1 is 0.968 bits per heavy atom. The zero-order valence-electron chi connectivity index (χ0n) is 16.3. The normalized spacial score (nSPS) is 11.7. The number of nitrogens with zero attached hydrogens (tertiary/aromatic N) is 4. The molecule has 0 fully saturated rings. The molecule has 0 saturated carbocycles. The van der Waals surface area contributed by atoms with Crippen molar-refractivity contribution in [3.63, 3.8) is 0 Å². The fourth-order valence-electron chi connectivity index (χ4n) is 2.94. The van der Waals surface area contributed by atoms with Gasteiger partial charge in [0.2, 0.25) is 5.82 Å². The van der Waals surface area contributed by atoms with Crippen molar-refractivity contribution in [1.82, 2.24) is 19.6 Å². The molecule has 0 bridgehead atoms. The number of carbonyl (C=O) groups is 1. The van der Waals surface area contributed by atoms with Gasteiger partial charge in [0, 0.05) is 11.3 Å². The molecule has 1 N–H and O–H groups in total. The number of benzene rings is 2. The first-order chi connectivity index (χ1) is 14.6. The molecule has 0 atom stereocenters. The van der Waals surface area contributed by atoms with Crippen LogP contribution in [0.1, 0.15) is 27.4 Å². The van der Waals surface area contributed by atoms with Gasteiger partial charge in [-0.15, -0.1) is 5.10 Å². The Kier molecular flexibility index (Phi) is 4.92. The van der Waals surface area contributed by atoms with Crippen LogP contribution in [0, 0.1) is 19.7 Å². The third kappa shape index (κ3) is 4.09. The summed E-state index contributed by atoms with van der Waals surface area (Å²) in [4.78, 5) is 20.5. The number of halogens is 4. The molecule has 0 radical (unpaired) electrons. The average Bonchev–Trinajstić information content (AvgIpc) is 3.14. The number of hydrogen-bond acceptors (Lipinski definition) is 4. The topological polar surface area (TPSA) is 72.2 Å². The number of amides is 1. The second-order valence-corrected chi connectivity index (χ2v) is 6.93. The van der Waals surface area contributed by atoms with Crippen molar-refractivity contribution < 1.29 is 22.4 Å². The summed E-state index contributed by atoms with van der Waals surface area (Å²) >= 11 is 0. The SMILES string of the molecule is Cc1ccc(NC(=O)c2nc3nc(-c4ccc(F)cc4)cc(C(F)(F)F)n3n2)cc1C. The van der Waals surface area contributed by atoms with Crippen molar-refractivity contribution in [2.24, 2.45) is 0 Å². The maximum Gasteiger partial charge on any atom is 0.433 e. The molecule has 4 rings (SSSR count). The molecular weight excluding hydrogens is 414 g/mol. The number of alkyl halides is 3. The molecule has 31 heavy (non-hydrogen) atoms. The van der Waals surface area contributed by atoms with Gasteiger partial charge in [0.05, 0.1) is 5.69 Å². The van der Waals surface area contributed by atoms with E-state index in [2.05, 4.69) is 20.4 Å². The fourth-order valence-corrected chi connectivity index (χ4v) is 2.94. The Morgan fingerprint density at radius 2 is 1.68 bits per heavy atom. The summed E-state index contributed by atoms with van der Waals surface area (Å²) < 4.78 is 54.6. The molecule has 0 aliphatic rings. The van der Waals surface area contributed by atoms with Crippen molar-refractivity contribution in [2.75, 3.05) is 5.32 Å². The number of nitrogens with one attached hydrogen (secondary N) is 1. The monoisotopic (exact) mass is 429 g/mol. The average molecular weight is 429 g/mol. The van der Waals surface area contributed by atoms with Crippen molar-refractivity contribution in [2.45, 2.75) is 20.0 Å². The predicted molar refractivity (Wildman–Crippen MR) is 105 cm³/mol. The highest BCUT2D eigenvalue weighted by Gasteiger charge is 2.36. The van der Waals surface area contributed by atoms with Crippen molar-refractivity contribution in [1.29, 1.82) is 0 Å². The zero-order valence-corrected chi connectivity index (χ0v) is 16.3. The zero-order chi connectivity index (χ0) is 22.3. The van der Waals surface area contributed by atoms with Crippen LogP contribution in [-0.2, 0) is 6.18 Å². The van der Waals surface area contributed by atoms with Crippen LogP contribution in [0.4, 0.5) is 23.2 Å². The molecule has 0 unspecified atom stereocenters. The highest BCUT2D eigenvalue weighted by Crippen LogP contribution is 2.32. The lowest BCUT2D eigenvalue weighted by Crippen LogP contribution is -2.16. The first kappa shape index (κ1) is 20.5. The first-order valence-electron chi connectivity index (χ1n) is 9.11. The fraction of sp³-hybridized carbons (Fsp3) is 0.143. The molecule has 0 saturated heterocycles. The van der Waals surface area contributed by atoms with Crippen LogP contribution in [0.5, 0.6) is 0 Å². The minimum Gasteiger partial charge on any atom is -0.319 e. The van der Waals surface area contributed by atoms with E-state index in [0.29, 0.717) is 10.2 Å². The summed E-state index contributed by atoms with van der Waals surface area (Å²) in [6, 6.07) is 10.8. The molecule has 2 aromatic heterocycles. The van der Waals surface area contributed by atoms with E-state index in [1.807, 2.05) is 13.8 Å². The van der Waals surface area contributed by atoms with Gasteiger partial charge >= 0.3 is 6.18 Å².